The third-order valence-corrected chi connectivity index (χ3v) is 7.28. The first-order chi connectivity index (χ1) is 8.73. The molecule has 0 amide bonds. The van der Waals surface area contributed by atoms with Gasteiger partial charge in [0.1, 0.15) is 0 Å². The quantitative estimate of drug-likeness (QED) is 0.500. The van der Waals surface area contributed by atoms with E-state index in [0.29, 0.717) is 5.41 Å². The van der Waals surface area contributed by atoms with Gasteiger partial charge in [-0.15, -0.1) is 11.3 Å². The van der Waals surface area contributed by atoms with Crippen molar-refractivity contribution in [3.63, 3.8) is 0 Å². The van der Waals surface area contributed by atoms with Gasteiger partial charge in [0.05, 0.1) is 10.2 Å². The van der Waals surface area contributed by atoms with E-state index < -0.39 is 0 Å². The van der Waals surface area contributed by atoms with Crippen LogP contribution in [0, 0.1) is 5.41 Å². The standard InChI is InChI=1S/C14H18BrNS2/c1-3-14(4-2,9-15)10-17-13-16-11-7-5-6-8-12(11)18-13/h5-8H,3-4,9-10H2,1-2H3. The average molecular weight is 344 g/mol. The molecule has 0 radical (unpaired) electrons. The first-order valence-corrected chi connectivity index (χ1v) is 9.19. The topological polar surface area (TPSA) is 12.9 Å². The molecule has 0 atom stereocenters. The van der Waals surface area contributed by atoms with Crippen molar-refractivity contribution in [1.29, 1.82) is 0 Å². The number of hydrogen-bond donors (Lipinski definition) is 0. The highest BCUT2D eigenvalue weighted by Gasteiger charge is 2.25. The fraction of sp³-hybridized carbons (Fsp3) is 0.500. The van der Waals surface area contributed by atoms with Crippen LogP contribution in [-0.2, 0) is 0 Å². The predicted octanol–water partition coefficient (Wildman–Crippen LogP) is 5.59. The molecule has 1 aromatic heterocycles. The van der Waals surface area contributed by atoms with Crippen molar-refractivity contribution < 1.29 is 0 Å². The number of nitrogens with zero attached hydrogens (tertiary/aromatic N) is 1. The van der Waals surface area contributed by atoms with Crippen LogP contribution in [-0.4, -0.2) is 16.1 Å². The van der Waals surface area contributed by atoms with Gasteiger partial charge in [0.15, 0.2) is 4.34 Å². The summed E-state index contributed by atoms with van der Waals surface area (Å²) in [6.07, 6.45) is 2.43. The molecule has 18 heavy (non-hydrogen) atoms. The van der Waals surface area contributed by atoms with Crippen molar-refractivity contribution in [2.75, 3.05) is 11.1 Å². The van der Waals surface area contributed by atoms with E-state index in [-0.39, 0.29) is 0 Å². The van der Waals surface area contributed by atoms with E-state index in [4.69, 9.17) is 0 Å². The molecule has 0 N–H and O–H groups in total. The Balaban J connectivity index is 2.09. The molecule has 0 saturated heterocycles. The molecule has 0 unspecified atom stereocenters. The van der Waals surface area contributed by atoms with E-state index in [1.807, 2.05) is 11.8 Å². The molecule has 0 bridgehead atoms. The second-order valence-electron chi connectivity index (χ2n) is 4.58. The Morgan fingerprint density at radius 1 is 1.28 bits per heavy atom. The van der Waals surface area contributed by atoms with Crippen LogP contribution in [0.2, 0.25) is 0 Å². The molecule has 0 aliphatic heterocycles. The van der Waals surface area contributed by atoms with E-state index in [9.17, 15) is 0 Å². The fourth-order valence-corrected chi connectivity index (χ4v) is 5.54. The molecule has 1 aromatic carbocycles. The zero-order valence-corrected chi connectivity index (χ0v) is 14.0. The van der Waals surface area contributed by atoms with Gasteiger partial charge in [-0.2, -0.15) is 0 Å². The number of halogens is 1. The highest BCUT2D eigenvalue weighted by Crippen LogP contribution is 2.37. The number of aromatic nitrogens is 1. The van der Waals surface area contributed by atoms with Gasteiger partial charge in [-0.3, -0.25) is 0 Å². The molecule has 0 aliphatic carbocycles. The molecule has 0 fully saturated rings. The Hall–Kier alpha value is -0.0600. The van der Waals surface area contributed by atoms with E-state index in [1.165, 1.54) is 21.9 Å². The van der Waals surface area contributed by atoms with Crippen molar-refractivity contribution in [3.8, 4) is 0 Å². The number of para-hydroxylation sites is 1. The second kappa shape index (κ2) is 6.40. The molecule has 2 aromatic rings. The van der Waals surface area contributed by atoms with Crippen LogP contribution >= 0.6 is 39.0 Å². The number of hydrogen-bond acceptors (Lipinski definition) is 3. The summed E-state index contributed by atoms with van der Waals surface area (Å²) >= 11 is 7.38. The SMILES string of the molecule is CCC(CC)(CBr)CSc1nc2ccccc2s1. The van der Waals surface area contributed by atoms with Gasteiger partial charge in [0, 0.05) is 11.1 Å². The lowest BCUT2D eigenvalue weighted by molar-refractivity contribution is 0.359. The van der Waals surface area contributed by atoms with Gasteiger partial charge >= 0.3 is 0 Å². The van der Waals surface area contributed by atoms with Crippen LogP contribution in [0.4, 0.5) is 0 Å². The van der Waals surface area contributed by atoms with Crippen LogP contribution in [0.3, 0.4) is 0 Å². The molecule has 1 heterocycles. The second-order valence-corrected chi connectivity index (χ2v) is 7.39. The Morgan fingerprint density at radius 3 is 2.61 bits per heavy atom. The van der Waals surface area contributed by atoms with Gasteiger partial charge in [0.25, 0.3) is 0 Å². The minimum absolute atomic E-state index is 0.405. The fourth-order valence-electron chi connectivity index (χ4n) is 1.81. The molecule has 0 spiro atoms. The maximum Gasteiger partial charge on any atom is 0.151 e. The normalized spacial score (nSPS) is 12.2. The third kappa shape index (κ3) is 3.09. The van der Waals surface area contributed by atoms with Crippen molar-refractivity contribution in [3.05, 3.63) is 24.3 Å². The van der Waals surface area contributed by atoms with E-state index in [0.717, 1.165) is 16.6 Å². The minimum atomic E-state index is 0.405. The summed E-state index contributed by atoms with van der Waals surface area (Å²) in [4.78, 5) is 4.68. The molecule has 1 nitrogen and oxygen atoms in total. The van der Waals surface area contributed by atoms with Gasteiger partial charge in [-0.25, -0.2) is 4.98 Å². The Labute approximate surface area is 126 Å². The van der Waals surface area contributed by atoms with Crippen LogP contribution in [0.5, 0.6) is 0 Å². The van der Waals surface area contributed by atoms with E-state index >= 15 is 0 Å². The molecule has 98 valence electrons. The summed E-state index contributed by atoms with van der Waals surface area (Å²) in [6.45, 7) is 4.56. The number of thiazole rings is 1. The van der Waals surface area contributed by atoms with Crippen molar-refractivity contribution >= 4 is 49.2 Å². The maximum absolute atomic E-state index is 4.68. The molecule has 0 saturated carbocycles. The first-order valence-electron chi connectivity index (χ1n) is 6.27. The Bertz CT molecular complexity index is 464. The summed E-state index contributed by atoms with van der Waals surface area (Å²) in [6, 6.07) is 8.37. The minimum Gasteiger partial charge on any atom is -0.230 e. The molecular weight excluding hydrogens is 326 g/mol. The van der Waals surface area contributed by atoms with Crippen molar-refractivity contribution in [1.82, 2.24) is 4.98 Å². The molecule has 2 rings (SSSR count). The maximum atomic E-state index is 4.68. The van der Waals surface area contributed by atoms with Crippen LogP contribution in [0.25, 0.3) is 10.2 Å². The molecular formula is C14H18BrNS2. The highest BCUT2D eigenvalue weighted by atomic mass is 79.9. The Kier molecular flexibility index (Phi) is 5.10. The van der Waals surface area contributed by atoms with Crippen LogP contribution < -0.4 is 0 Å². The van der Waals surface area contributed by atoms with Gasteiger partial charge in [0.2, 0.25) is 0 Å². The number of benzene rings is 1. The largest absolute Gasteiger partial charge is 0.230 e. The predicted molar refractivity (Wildman–Crippen MR) is 87.2 cm³/mol. The number of rotatable bonds is 6. The summed E-state index contributed by atoms with van der Waals surface area (Å²) in [5.41, 5.74) is 1.53. The van der Waals surface area contributed by atoms with Gasteiger partial charge in [-0.1, -0.05) is 53.7 Å². The lowest BCUT2D eigenvalue weighted by atomic mass is 9.87. The highest BCUT2D eigenvalue weighted by molar-refractivity contribution is 9.09. The zero-order chi connectivity index (χ0) is 13.0. The summed E-state index contributed by atoms with van der Waals surface area (Å²) in [7, 11) is 0. The third-order valence-electron chi connectivity index (χ3n) is 3.56. The number of thioether (sulfide) groups is 1. The average Bonchev–Trinajstić information content (AvgIpc) is 2.84. The Morgan fingerprint density at radius 2 is 2.00 bits per heavy atom. The monoisotopic (exact) mass is 343 g/mol. The molecule has 0 aliphatic rings. The lowest BCUT2D eigenvalue weighted by Crippen LogP contribution is -2.23. The smallest absolute Gasteiger partial charge is 0.151 e. The van der Waals surface area contributed by atoms with Crippen molar-refractivity contribution in [2.45, 2.75) is 31.0 Å². The van der Waals surface area contributed by atoms with Crippen LogP contribution in [0.1, 0.15) is 26.7 Å². The number of alkyl halides is 1. The first kappa shape index (κ1) is 14.4. The summed E-state index contributed by atoms with van der Waals surface area (Å²) < 4.78 is 2.49. The summed E-state index contributed by atoms with van der Waals surface area (Å²) in [5.74, 6) is 1.14. The van der Waals surface area contributed by atoms with E-state index in [1.54, 1.807) is 11.3 Å². The van der Waals surface area contributed by atoms with Crippen LogP contribution in [0.15, 0.2) is 28.6 Å². The number of fused-ring (bicyclic) bond motifs is 1. The summed E-state index contributed by atoms with van der Waals surface area (Å²) in [5, 5.41) is 1.07. The van der Waals surface area contributed by atoms with Crippen molar-refractivity contribution in [2.24, 2.45) is 5.41 Å². The zero-order valence-electron chi connectivity index (χ0n) is 10.8. The lowest BCUT2D eigenvalue weighted by Gasteiger charge is -2.28. The van der Waals surface area contributed by atoms with Gasteiger partial charge < -0.3 is 0 Å². The van der Waals surface area contributed by atoms with Gasteiger partial charge in [-0.05, 0) is 30.4 Å². The van der Waals surface area contributed by atoms with E-state index in [2.05, 4.69) is 59.0 Å². The molecule has 4 heteroatoms.